The number of nitrogens with one attached hydrogen (secondary N) is 1. The van der Waals surface area contributed by atoms with E-state index in [9.17, 15) is 4.79 Å². The lowest BCUT2D eigenvalue weighted by Gasteiger charge is -2.07. The van der Waals surface area contributed by atoms with E-state index in [1.165, 1.54) is 0 Å². The van der Waals surface area contributed by atoms with Gasteiger partial charge < -0.3 is 0 Å². The minimum absolute atomic E-state index is 0.114. The Kier molecular flexibility index (Phi) is 4.92. The third-order valence-electron chi connectivity index (χ3n) is 1.65. The van der Waals surface area contributed by atoms with E-state index in [4.69, 9.17) is 5.84 Å². The molecule has 1 unspecified atom stereocenters. The van der Waals surface area contributed by atoms with Crippen molar-refractivity contribution >= 4 is 29.0 Å². The van der Waals surface area contributed by atoms with Gasteiger partial charge in [-0.1, -0.05) is 18.7 Å². The lowest BCUT2D eigenvalue weighted by Crippen LogP contribution is -2.30. The molecule has 0 aliphatic carbocycles. The number of nitrogens with zero attached hydrogens (tertiary/aromatic N) is 1. The number of hydrogen-bond acceptors (Lipinski definition) is 5. The molecule has 0 spiro atoms. The maximum atomic E-state index is 10.9. The molecule has 1 rings (SSSR count). The minimum Gasteiger partial charge on any atom is -0.294 e. The van der Waals surface area contributed by atoms with Crippen LogP contribution in [0, 0.1) is 0 Å². The average molecular weight is 231 g/mol. The number of carbonyl (C=O) groups is 1. The predicted octanol–water partition coefficient (Wildman–Crippen LogP) is 1.39. The maximum Gasteiger partial charge on any atom is 0.233 e. The fourth-order valence-electron chi connectivity index (χ4n) is 0.906. The first-order valence-corrected chi connectivity index (χ1v) is 6.04. The number of nitrogens with two attached hydrogens (primary N) is 1. The summed E-state index contributed by atoms with van der Waals surface area (Å²) in [4.78, 5) is 15.0. The third-order valence-corrected chi connectivity index (χ3v) is 3.74. The number of rotatable bonds is 5. The zero-order valence-corrected chi connectivity index (χ0v) is 9.53. The van der Waals surface area contributed by atoms with E-state index in [0.717, 1.165) is 10.8 Å². The van der Waals surface area contributed by atoms with Crippen LogP contribution in [0.4, 0.5) is 0 Å². The van der Waals surface area contributed by atoms with Gasteiger partial charge in [0.05, 0.1) is 0 Å². The molecule has 3 N–H and O–H groups in total. The van der Waals surface area contributed by atoms with Crippen molar-refractivity contribution in [3.8, 4) is 0 Å². The molecule has 14 heavy (non-hydrogen) atoms. The molecule has 0 aromatic carbocycles. The highest BCUT2D eigenvalue weighted by Crippen LogP contribution is 2.27. The summed E-state index contributed by atoms with van der Waals surface area (Å²) in [5.74, 6) is 4.86. The van der Waals surface area contributed by atoms with Crippen molar-refractivity contribution in [2.24, 2.45) is 5.84 Å². The van der Waals surface area contributed by atoms with Gasteiger partial charge in [-0.2, -0.15) is 0 Å². The zero-order chi connectivity index (χ0) is 10.4. The topological polar surface area (TPSA) is 68.0 Å². The SMILES string of the molecule is CC(CCC(=O)NN)Sc1nccs1. The molecule has 0 aliphatic heterocycles. The molecule has 1 atom stereocenters. The molecule has 0 saturated heterocycles. The highest BCUT2D eigenvalue weighted by Gasteiger charge is 2.08. The van der Waals surface area contributed by atoms with Crippen LogP contribution in [0.5, 0.6) is 0 Å². The molecular formula is C8H13N3OS2. The normalized spacial score (nSPS) is 12.4. The van der Waals surface area contributed by atoms with Crippen molar-refractivity contribution in [1.29, 1.82) is 0 Å². The summed E-state index contributed by atoms with van der Waals surface area (Å²) in [6, 6.07) is 0. The van der Waals surface area contributed by atoms with Crippen LogP contribution in [0.3, 0.4) is 0 Å². The Labute approximate surface area is 91.3 Å². The molecule has 6 heteroatoms. The van der Waals surface area contributed by atoms with Crippen molar-refractivity contribution in [3.05, 3.63) is 11.6 Å². The lowest BCUT2D eigenvalue weighted by molar-refractivity contribution is -0.121. The van der Waals surface area contributed by atoms with Gasteiger partial charge in [-0.15, -0.1) is 11.3 Å². The van der Waals surface area contributed by atoms with E-state index in [0.29, 0.717) is 11.7 Å². The number of thioether (sulfide) groups is 1. The Morgan fingerprint density at radius 1 is 1.86 bits per heavy atom. The van der Waals surface area contributed by atoms with Crippen LogP contribution in [-0.2, 0) is 4.79 Å². The summed E-state index contributed by atoms with van der Waals surface area (Å²) in [6.07, 6.45) is 3.07. The van der Waals surface area contributed by atoms with Crippen LogP contribution in [0.2, 0.25) is 0 Å². The van der Waals surface area contributed by atoms with Crippen molar-refractivity contribution in [2.75, 3.05) is 0 Å². The first-order valence-electron chi connectivity index (χ1n) is 4.28. The van der Waals surface area contributed by atoms with Gasteiger partial charge >= 0.3 is 0 Å². The van der Waals surface area contributed by atoms with Crippen molar-refractivity contribution in [1.82, 2.24) is 10.4 Å². The van der Waals surface area contributed by atoms with Crippen molar-refractivity contribution < 1.29 is 4.79 Å². The molecule has 0 aliphatic rings. The number of aromatic nitrogens is 1. The molecule has 1 aromatic rings. The molecule has 0 bridgehead atoms. The summed E-state index contributed by atoms with van der Waals surface area (Å²) in [5, 5.41) is 2.33. The van der Waals surface area contributed by atoms with Gasteiger partial charge in [0, 0.05) is 23.2 Å². The number of thiazole rings is 1. The van der Waals surface area contributed by atoms with Gasteiger partial charge in [0.25, 0.3) is 0 Å². The first kappa shape index (κ1) is 11.5. The van der Waals surface area contributed by atoms with Gasteiger partial charge in [0.2, 0.25) is 5.91 Å². The quantitative estimate of drug-likeness (QED) is 0.348. The van der Waals surface area contributed by atoms with Gasteiger partial charge in [0.15, 0.2) is 0 Å². The molecule has 4 nitrogen and oxygen atoms in total. The van der Waals surface area contributed by atoms with E-state index >= 15 is 0 Å². The second-order valence-corrected chi connectivity index (χ2v) is 5.41. The largest absolute Gasteiger partial charge is 0.294 e. The highest BCUT2D eigenvalue weighted by atomic mass is 32.2. The second-order valence-electron chi connectivity index (χ2n) is 2.83. The zero-order valence-electron chi connectivity index (χ0n) is 7.90. The molecule has 1 aromatic heterocycles. The Morgan fingerprint density at radius 3 is 3.21 bits per heavy atom. The fourth-order valence-corrected chi connectivity index (χ4v) is 2.85. The number of amides is 1. The van der Waals surface area contributed by atoms with Crippen molar-refractivity contribution in [3.63, 3.8) is 0 Å². The van der Waals surface area contributed by atoms with E-state index in [1.807, 2.05) is 5.38 Å². The summed E-state index contributed by atoms with van der Waals surface area (Å²) in [5.41, 5.74) is 2.12. The second kappa shape index (κ2) is 6.00. The molecular weight excluding hydrogens is 218 g/mol. The Morgan fingerprint density at radius 2 is 2.64 bits per heavy atom. The van der Waals surface area contributed by atoms with Crippen LogP contribution in [0.1, 0.15) is 19.8 Å². The van der Waals surface area contributed by atoms with Gasteiger partial charge in [-0.25, -0.2) is 10.8 Å². The van der Waals surface area contributed by atoms with Crippen molar-refractivity contribution in [2.45, 2.75) is 29.4 Å². The molecule has 78 valence electrons. The van der Waals surface area contributed by atoms with E-state index < -0.39 is 0 Å². The molecule has 0 saturated carbocycles. The fraction of sp³-hybridized carbons (Fsp3) is 0.500. The molecule has 1 amide bonds. The minimum atomic E-state index is -0.114. The Hall–Kier alpha value is -0.590. The standard InChI is InChI=1S/C8H13N3OS2/c1-6(2-3-7(12)11-9)14-8-10-4-5-13-8/h4-6H,2-3,9H2,1H3,(H,11,12). The monoisotopic (exact) mass is 231 g/mol. The van der Waals surface area contributed by atoms with Crippen LogP contribution in [0.15, 0.2) is 15.9 Å². The maximum absolute atomic E-state index is 10.9. The summed E-state index contributed by atoms with van der Waals surface area (Å²) >= 11 is 3.31. The Balaban J connectivity index is 2.22. The van der Waals surface area contributed by atoms with Crippen LogP contribution >= 0.6 is 23.1 Å². The lowest BCUT2D eigenvalue weighted by atomic mass is 10.2. The molecule has 0 fully saturated rings. The average Bonchev–Trinajstić information content (AvgIpc) is 2.66. The van der Waals surface area contributed by atoms with E-state index in [1.54, 1.807) is 29.3 Å². The summed E-state index contributed by atoms with van der Waals surface area (Å²) in [6.45, 7) is 2.08. The number of carbonyl (C=O) groups excluding carboxylic acids is 1. The summed E-state index contributed by atoms with van der Waals surface area (Å²) < 4.78 is 1.05. The number of hydrazine groups is 1. The van der Waals surface area contributed by atoms with Gasteiger partial charge in [0.1, 0.15) is 4.34 Å². The Bertz CT molecular complexity index is 276. The molecule has 1 heterocycles. The van der Waals surface area contributed by atoms with E-state index in [-0.39, 0.29) is 5.91 Å². The summed E-state index contributed by atoms with van der Waals surface area (Å²) in [7, 11) is 0. The van der Waals surface area contributed by atoms with E-state index in [2.05, 4.69) is 17.3 Å². The first-order chi connectivity index (χ1) is 6.72. The number of hydrogen-bond donors (Lipinski definition) is 2. The third kappa shape index (κ3) is 4.08. The van der Waals surface area contributed by atoms with Crippen LogP contribution in [-0.4, -0.2) is 16.1 Å². The van der Waals surface area contributed by atoms with Gasteiger partial charge in [-0.05, 0) is 6.42 Å². The van der Waals surface area contributed by atoms with Gasteiger partial charge in [-0.3, -0.25) is 10.2 Å². The van der Waals surface area contributed by atoms with Crippen LogP contribution < -0.4 is 11.3 Å². The van der Waals surface area contributed by atoms with Crippen LogP contribution in [0.25, 0.3) is 0 Å². The predicted molar refractivity (Wildman–Crippen MR) is 59.0 cm³/mol. The smallest absolute Gasteiger partial charge is 0.233 e. The highest BCUT2D eigenvalue weighted by molar-refractivity contribution is 8.01. The molecule has 0 radical (unpaired) electrons.